The van der Waals surface area contributed by atoms with Crippen LogP contribution in [0.4, 0.5) is 4.39 Å². The molecule has 0 saturated heterocycles. The summed E-state index contributed by atoms with van der Waals surface area (Å²) in [6, 6.07) is 8.31. The second-order valence-corrected chi connectivity index (χ2v) is 7.19. The van der Waals surface area contributed by atoms with E-state index in [0.717, 1.165) is 16.9 Å². The normalized spacial score (nSPS) is 11.8. The van der Waals surface area contributed by atoms with Gasteiger partial charge in [0.15, 0.2) is 0 Å². The first-order valence-electron chi connectivity index (χ1n) is 8.32. The first-order chi connectivity index (χ1) is 12.1. The van der Waals surface area contributed by atoms with E-state index in [4.69, 9.17) is 0 Å². The molecule has 5 nitrogen and oxygen atoms in total. The lowest BCUT2D eigenvalue weighted by molar-refractivity contribution is 0.0746. The molecule has 0 aliphatic carbocycles. The number of carbonyl (C=O) groups is 1. The highest BCUT2D eigenvalue weighted by Gasteiger charge is 2.27. The van der Waals surface area contributed by atoms with E-state index >= 15 is 0 Å². The quantitative estimate of drug-likeness (QED) is 0.754. The molecule has 1 aromatic heterocycles. The number of fused-ring (bicyclic) bond motifs is 1. The summed E-state index contributed by atoms with van der Waals surface area (Å²) in [5.41, 5.74) is 1.76. The number of nitrogens with one attached hydrogen (secondary N) is 1. The Morgan fingerprint density at radius 3 is 2.54 bits per heavy atom. The van der Waals surface area contributed by atoms with Gasteiger partial charge in [0.25, 0.3) is 5.91 Å². The van der Waals surface area contributed by atoms with Gasteiger partial charge in [-0.3, -0.25) is 4.79 Å². The van der Waals surface area contributed by atoms with Crippen molar-refractivity contribution in [2.45, 2.75) is 26.4 Å². The Morgan fingerprint density at radius 2 is 1.92 bits per heavy atom. The van der Waals surface area contributed by atoms with Crippen molar-refractivity contribution in [1.29, 1.82) is 0 Å². The number of aliphatic hydroxyl groups is 1. The van der Waals surface area contributed by atoms with Crippen LogP contribution in [0.1, 0.15) is 35.6 Å². The predicted molar refractivity (Wildman–Crippen MR) is 99.5 cm³/mol. The number of carbonyl (C=O) groups excluding carboxylic acids is 1. The van der Waals surface area contributed by atoms with E-state index in [0.29, 0.717) is 11.1 Å². The van der Waals surface area contributed by atoms with Gasteiger partial charge in [0.05, 0.1) is 16.6 Å². The maximum atomic E-state index is 14.9. The molecule has 136 valence electrons. The molecule has 0 radical (unpaired) electrons. The Bertz CT molecular complexity index is 1000. The number of aromatic nitrogens is 2. The molecule has 0 aliphatic heterocycles. The van der Waals surface area contributed by atoms with Crippen molar-refractivity contribution in [3.05, 3.63) is 53.1 Å². The third kappa shape index (κ3) is 3.20. The molecule has 0 bridgehead atoms. The Kier molecular flexibility index (Phi) is 4.32. The third-order valence-electron chi connectivity index (χ3n) is 4.27. The SMILES string of the molecule is Cc1nc2cc(-c3cc(C(=O)N(C)C)cc(F)c3C(C)(C)O)ccc2[nH]1. The molecule has 1 heterocycles. The zero-order valence-electron chi connectivity index (χ0n) is 15.5. The number of amides is 1. The molecule has 2 N–H and O–H groups in total. The summed E-state index contributed by atoms with van der Waals surface area (Å²) in [5, 5.41) is 10.5. The number of hydrogen-bond donors (Lipinski definition) is 2. The fourth-order valence-electron chi connectivity index (χ4n) is 3.14. The number of benzene rings is 2. The van der Waals surface area contributed by atoms with E-state index in [-0.39, 0.29) is 17.0 Å². The van der Waals surface area contributed by atoms with E-state index in [9.17, 15) is 14.3 Å². The van der Waals surface area contributed by atoms with Crippen molar-refractivity contribution < 1.29 is 14.3 Å². The zero-order chi connectivity index (χ0) is 19.2. The van der Waals surface area contributed by atoms with Crippen LogP contribution in [-0.4, -0.2) is 40.0 Å². The largest absolute Gasteiger partial charge is 0.386 e. The standard InChI is InChI=1S/C20H22FN3O2/c1-11-22-16-7-6-12(10-17(16)23-11)14-8-13(19(25)24(4)5)9-15(21)18(14)20(2,3)26/h6-10,26H,1-5H3,(H,22,23). The van der Waals surface area contributed by atoms with Gasteiger partial charge >= 0.3 is 0 Å². The van der Waals surface area contributed by atoms with Gasteiger partial charge in [-0.2, -0.15) is 0 Å². The van der Waals surface area contributed by atoms with E-state index in [1.54, 1.807) is 20.2 Å². The van der Waals surface area contributed by atoms with Gasteiger partial charge in [-0.05, 0) is 56.2 Å². The lowest BCUT2D eigenvalue weighted by Crippen LogP contribution is -2.24. The Labute approximate surface area is 151 Å². The van der Waals surface area contributed by atoms with Gasteiger partial charge in [0.1, 0.15) is 11.6 Å². The second kappa shape index (κ2) is 6.21. The average Bonchev–Trinajstić information content (AvgIpc) is 2.90. The highest BCUT2D eigenvalue weighted by Crippen LogP contribution is 2.36. The molecular formula is C20H22FN3O2. The van der Waals surface area contributed by atoms with Crippen LogP contribution in [0.3, 0.4) is 0 Å². The van der Waals surface area contributed by atoms with Gasteiger partial charge in [0.2, 0.25) is 0 Å². The molecule has 3 aromatic rings. The van der Waals surface area contributed by atoms with Gasteiger partial charge < -0.3 is 15.0 Å². The topological polar surface area (TPSA) is 69.2 Å². The minimum atomic E-state index is -1.41. The van der Waals surface area contributed by atoms with Crippen molar-refractivity contribution >= 4 is 16.9 Å². The fraction of sp³-hybridized carbons (Fsp3) is 0.300. The molecule has 0 spiro atoms. The van der Waals surface area contributed by atoms with Crippen molar-refractivity contribution in [1.82, 2.24) is 14.9 Å². The first kappa shape index (κ1) is 18.1. The van der Waals surface area contributed by atoms with Gasteiger partial charge in [0, 0.05) is 25.2 Å². The average molecular weight is 355 g/mol. The molecule has 3 rings (SSSR count). The maximum absolute atomic E-state index is 14.9. The number of hydrogen-bond acceptors (Lipinski definition) is 3. The Hall–Kier alpha value is -2.73. The summed E-state index contributed by atoms with van der Waals surface area (Å²) in [7, 11) is 3.23. The summed E-state index contributed by atoms with van der Waals surface area (Å²) in [4.78, 5) is 21.3. The Morgan fingerprint density at radius 1 is 1.23 bits per heavy atom. The number of H-pyrrole nitrogens is 1. The minimum Gasteiger partial charge on any atom is -0.386 e. The smallest absolute Gasteiger partial charge is 0.253 e. The van der Waals surface area contributed by atoms with Crippen LogP contribution < -0.4 is 0 Å². The van der Waals surface area contributed by atoms with Gasteiger partial charge in [-0.1, -0.05) is 6.07 Å². The fourth-order valence-corrected chi connectivity index (χ4v) is 3.14. The highest BCUT2D eigenvalue weighted by atomic mass is 19.1. The molecule has 0 unspecified atom stereocenters. The lowest BCUT2D eigenvalue weighted by atomic mass is 9.87. The number of rotatable bonds is 3. The summed E-state index contributed by atoms with van der Waals surface area (Å²) < 4.78 is 14.9. The molecule has 0 saturated carbocycles. The van der Waals surface area contributed by atoms with Gasteiger partial charge in [-0.15, -0.1) is 0 Å². The van der Waals surface area contributed by atoms with Crippen LogP contribution >= 0.6 is 0 Å². The lowest BCUT2D eigenvalue weighted by Gasteiger charge is -2.24. The van der Waals surface area contributed by atoms with E-state index < -0.39 is 11.4 Å². The monoisotopic (exact) mass is 355 g/mol. The summed E-state index contributed by atoms with van der Waals surface area (Å²) in [6.07, 6.45) is 0. The molecule has 26 heavy (non-hydrogen) atoms. The van der Waals surface area contributed by atoms with Crippen LogP contribution in [0.2, 0.25) is 0 Å². The minimum absolute atomic E-state index is 0.152. The van der Waals surface area contributed by atoms with Crippen LogP contribution in [0.25, 0.3) is 22.2 Å². The number of halogens is 1. The summed E-state index contributed by atoms with van der Waals surface area (Å²) >= 11 is 0. The van der Waals surface area contributed by atoms with Crippen molar-refractivity contribution in [2.75, 3.05) is 14.1 Å². The van der Waals surface area contributed by atoms with Crippen LogP contribution in [0.15, 0.2) is 30.3 Å². The molecule has 0 atom stereocenters. The zero-order valence-corrected chi connectivity index (χ0v) is 15.5. The van der Waals surface area contributed by atoms with Crippen molar-refractivity contribution in [3.63, 3.8) is 0 Å². The summed E-state index contributed by atoms with van der Waals surface area (Å²) in [6.45, 7) is 4.91. The number of imidazole rings is 1. The predicted octanol–water partition coefficient (Wildman–Crippen LogP) is 3.61. The van der Waals surface area contributed by atoms with Crippen LogP contribution in [0, 0.1) is 12.7 Å². The number of nitrogens with zero attached hydrogens (tertiary/aromatic N) is 2. The Balaban J connectivity index is 2.29. The van der Waals surface area contributed by atoms with Crippen molar-refractivity contribution in [2.24, 2.45) is 0 Å². The van der Waals surface area contributed by atoms with Crippen molar-refractivity contribution in [3.8, 4) is 11.1 Å². The van der Waals surface area contributed by atoms with E-state index in [1.165, 1.54) is 24.8 Å². The van der Waals surface area contributed by atoms with E-state index in [2.05, 4.69) is 9.97 Å². The molecule has 0 fully saturated rings. The first-order valence-corrected chi connectivity index (χ1v) is 8.32. The summed E-state index contributed by atoms with van der Waals surface area (Å²) in [5.74, 6) is -0.134. The third-order valence-corrected chi connectivity index (χ3v) is 4.27. The van der Waals surface area contributed by atoms with Crippen LogP contribution in [0.5, 0.6) is 0 Å². The molecule has 6 heteroatoms. The molecular weight excluding hydrogens is 333 g/mol. The van der Waals surface area contributed by atoms with Crippen LogP contribution in [-0.2, 0) is 5.60 Å². The number of aryl methyl sites for hydroxylation is 1. The number of aromatic amines is 1. The molecule has 1 amide bonds. The highest BCUT2D eigenvalue weighted by molar-refractivity contribution is 5.96. The van der Waals surface area contributed by atoms with E-state index in [1.807, 2.05) is 25.1 Å². The second-order valence-electron chi connectivity index (χ2n) is 7.19. The molecule has 0 aliphatic rings. The molecule has 2 aromatic carbocycles. The van der Waals surface area contributed by atoms with Gasteiger partial charge in [-0.25, -0.2) is 9.37 Å². The maximum Gasteiger partial charge on any atom is 0.253 e.